The molecule has 0 aliphatic carbocycles. The molecule has 3 rings (SSSR count). The van der Waals surface area contributed by atoms with Gasteiger partial charge in [-0.3, -0.25) is 20.2 Å². The van der Waals surface area contributed by atoms with Crippen LogP contribution < -0.4 is 9.47 Å². The van der Waals surface area contributed by atoms with Crippen LogP contribution in [0.5, 0.6) is 11.5 Å². The lowest BCUT2D eigenvalue weighted by molar-refractivity contribution is -0.393. The fraction of sp³-hybridized carbons (Fsp3) is 0.167. The minimum atomic E-state index is -0.722. The molecule has 0 unspecified atom stereocenters. The smallest absolute Gasteiger partial charge is 0.301 e. The first-order valence-corrected chi connectivity index (χ1v) is 9.79. The van der Waals surface area contributed by atoms with Gasteiger partial charge in [-0.05, 0) is 44.8 Å². The van der Waals surface area contributed by atoms with Gasteiger partial charge in [0.05, 0.1) is 46.8 Å². The molecule has 0 radical (unpaired) electrons. The third-order valence-electron chi connectivity index (χ3n) is 4.22. The first-order chi connectivity index (χ1) is 14.2. The Morgan fingerprint density at radius 1 is 1.07 bits per heavy atom. The Bertz CT molecular complexity index is 1220. The number of ether oxygens (including phenoxy) is 2. The van der Waals surface area contributed by atoms with Crippen molar-refractivity contribution in [1.82, 2.24) is 0 Å². The number of hydrogen-bond acceptors (Lipinski definition) is 8. The van der Waals surface area contributed by atoms with Crippen LogP contribution in [0.3, 0.4) is 0 Å². The lowest BCUT2D eigenvalue weighted by atomic mass is 10.0. The molecule has 0 saturated heterocycles. The van der Waals surface area contributed by atoms with E-state index in [2.05, 4.69) is 36.9 Å². The molecule has 12 heteroatoms. The van der Waals surface area contributed by atoms with Crippen LogP contribution in [0, 0.1) is 20.2 Å². The van der Waals surface area contributed by atoms with Crippen molar-refractivity contribution >= 4 is 65.6 Å². The zero-order chi connectivity index (χ0) is 22.2. The molecular weight excluding hydrogens is 530 g/mol. The maximum absolute atomic E-state index is 11.4. The predicted octanol–water partition coefficient (Wildman–Crippen LogP) is 5.93. The van der Waals surface area contributed by atoms with Gasteiger partial charge in [-0.1, -0.05) is 0 Å². The highest BCUT2D eigenvalue weighted by atomic mass is 79.9. The van der Waals surface area contributed by atoms with Crippen LogP contribution in [0.2, 0.25) is 0 Å². The van der Waals surface area contributed by atoms with Crippen LogP contribution in [-0.2, 0) is 0 Å². The lowest BCUT2D eigenvalue weighted by Crippen LogP contribution is -2.04. The molecular formula is C18H13Br2N3O7. The fourth-order valence-corrected chi connectivity index (χ4v) is 4.02. The third-order valence-corrected chi connectivity index (χ3v) is 5.34. The summed E-state index contributed by atoms with van der Waals surface area (Å²) in [7, 11) is 2.92. The van der Waals surface area contributed by atoms with Crippen LogP contribution in [0.4, 0.5) is 17.1 Å². The molecule has 2 aromatic carbocycles. The molecule has 0 fully saturated rings. The van der Waals surface area contributed by atoms with Crippen LogP contribution in [0.15, 0.2) is 42.8 Å². The zero-order valence-electron chi connectivity index (χ0n) is 15.8. The Morgan fingerprint density at radius 3 is 2.30 bits per heavy atom. The van der Waals surface area contributed by atoms with E-state index in [0.29, 0.717) is 42.9 Å². The standard InChI is InChI=1S/C18H13Br2N3O7/c1-8(21-11-5-4-9(22(24)25)6-12(11)23(26)27)14-16(28-2)10-7-13(19)30-17(10)15(20)18(14)29-3/h4-7H,1-3H3. The van der Waals surface area contributed by atoms with E-state index in [9.17, 15) is 20.2 Å². The maximum atomic E-state index is 11.4. The van der Waals surface area contributed by atoms with E-state index >= 15 is 0 Å². The van der Waals surface area contributed by atoms with E-state index in [1.807, 2.05) is 0 Å². The molecule has 0 N–H and O–H groups in total. The minimum Gasteiger partial charge on any atom is -0.495 e. The second-order valence-electron chi connectivity index (χ2n) is 5.93. The molecule has 1 heterocycles. The molecule has 0 bridgehead atoms. The van der Waals surface area contributed by atoms with Gasteiger partial charge >= 0.3 is 5.69 Å². The van der Waals surface area contributed by atoms with E-state index in [1.165, 1.54) is 20.3 Å². The Hall–Kier alpha value is -2.99. The minimum absolute atomic E-state index is 0.0446. The van der Waals surface area contributed by atoms with Gasteiger partial charge in [0.2, 0.25) is 0 Å². The lowest BCUT2D eigenvalue weighted by Gasteiger charge is -2.15. The Morgan fingerprint density at radius 2 is 1.73 bits per heavy atom. The van der Waals surface area contributed by atoms with Gasteiger partial charge in [0, 0.05) is 12.1 Å². The van der Waals surface area contributed by atoms with Gasteiger partial charge in [0.1, 0.15) is 21.7 Å². The van der Waals surface area contributed by atoms with E-state index in [-0.39, 0.29) is 5.69 Å². The number of hydrogen-bond donors (Lipinski definition) is 0. The number of furan rings is 1. The van der Waals surface area contributed by atoms with E-state index in [0.717, 1.165) is 12.1 Å². The summed E-state index contributed by atoms with van der Waals surface area (Å²) in [6.07, 6.45) is 0. The summed E-state index contributed by atoms with van der Waals surface area (Å²) in [5, 5.41) is 23.0. The van der Waals surface area contributed by atoms with E-state index in [1.54, 1.807) is 13.0 Å². The van der Waals surface area contributed by atoms with Crippen molar-refractivity contribution in [3.63, 3.8) is 0 Å². The molecule has 3 aromatic rings. The van der Waals surface area contributed by atoms with E-state index in [4.69, 9.17) is 13.9 Å². The second kappa shape index (κ2) is 8.40. The summed E-state index contributed by atoms with van der Waals surface area (Å²) in [5.41, 5.74) is 0.319. The van der Waals surface area contributed by atoms with Gasteiger partial charge in [0.15, 0.2) is 10.3 Å². The first-order valence-electron chi connectivity index (χ1n) is 8.20. The summed E-state index contributed by atoms with van der Waals surface area (Å²) in [6, 6.07) is 4.96. The Labute approximate surface area is 186 Å². The Balaban J connectivity index is 2.29. The predicted molar refractivity (Wildman–Crippen MR) is 116 cm³/mol. The van der Waals surface area contributed by atoms with Crippen LogP contribution in [0.25, 0.3) is 11.0 Å². The van der Waals surface area contributed by atoms with Crippen molar-refractivity contribution in [1.29, 1.82) is 0 Å². The van der Waals surface area contributed by atoms with Crippen molar-refractivity contribution in [3.8, 4) is 11.5 Å². The summed E-state index contributed by atoms with van der Waals surface area (Å²) < 4.78 is 17.7. The molecule has 156 valence electrons. The average Bonchev–Trinajstić information content (AvgIpc) is 3.09. The highest BCUT2D eigenvalue weighted by molar-refractivity contribution is 9.11. The fourth-order valence-electron chi connectivity index (χ4n) is 2.98. The summed E-state index contributed by atoms with van der Waals surface area (Å²) in [4.78, 5) is 25.3. The summed E-state index contributed by atoms with van der Waals surface area (Å²) in [5.74, 6) is 0.748. The topological polar surface area (TPSA) is 130 Å². The van der Waals surface area contributed by atoms with Crippen molar-refractivity contribution in [3.05, 3.63) is 59.2 Å². The summed E-state index contributed by atoms with van der Waals surface area (Å²) in [6.45, 7) is 1.62. The third kappa shape index (κ3) is 3.75. The zero-order valence-corrected chi connectivity index (χ0v) is 18.9. The molecule has 0 amide bonds. The van der Waals surface area contributed by atoms with Crippen molar-refractivity contribution in [2.24, 2.45) is 4.99 Å². The molecule has 0 spiro atoms. The van der Waals surface area contributed by atoms with E-state index < -0.39 is 21.2 Å². The second-order valence-corrected chi connectivity index (χ2v) is 7.51. The normalized spacial score (nSPS) is 11.6. The number of nitrogens with zero attached hydrogens (tertiary/aromatic N) is 3. The SMILES string of the molecule is COc1c(C(C)=Nc2ccc([N+](=O)[O-])cc2[N+](=O)[O-])c(OC)c2cc(Br)oc2c1Br. The average molecular weight is 543 g/mol. The molecule has 0 aliphatic rings. The van der Waals surface area contributed by atoms with Crippen LogP contribution >= 0.6 is 31.9 Å². The number of methoxy groups -OCH3 is 2. The van der Waals surface area contributed by atoms with Gasteiger partial charge in [-0.2, -0.15) is 0 Å². The molecule has 0 aliphatic heterocycles. The quantitative estimate of drug-likeness (QED) is 0.214. The largest absolute Gasteiger partial charge is 0.495 e. The number of fused-ring (bicyclic) bond motifs is 1. The highest BCUT2D eigenvalue weighted by Gasteiger charge is 2.26. The molecule has 30 heavy (non-hydrogen) atoms. The molecule has 1 aromatic heterocycles. The molecule has 10 nitrogen and oxygen atoms in total. The van der Waals surface area contributed by atoms with Gasteiger partial charge in [-0.15, -0.1) is 0 Å². The number of aliphatic imine (C=N–C) groups is 1. The van der Waals surface area contributed by atoms with Crippen molar-refractivity contribution in [2.75, 3.05) is 14.2 Å². The highest BCUT2D eigenvalue weighted by Crippen LogP contribution is 2.46. The maximum Gasteiger partial charge on any atom is 0.301 e. The van der Waals surface area contributed by atoms with Crippen LogP contribution in [0.1, 0.15) is 12.5 Å². The van der Waals surface area contributed by atoms with Crippen molar-refractivity contribution < 1.29 is 23.7 Å². The number of rotatable bonds is 6. The van der Waals surface area contributed by atoms with Gasteiger partial charge < -0.3 is 13.9 Å². The number of nitro benzene ring substituents is 2. The van der Waals surface area contributed by atoms with Crippen molar-refractivity contribution in [2.45, 2.75) is 6.92 Å². The monoisotopic (exact) mass is 541 g/mol. The molecule has 0 saturated carbocycles. The van der Waals surface area contributed by atoms with Crippen LogP contribution in [-0.4, -0.2) is 29.8 Å². The molecule has 0 atom stereocenters. The number of nitro groups is 2. The number of non-ortho nitro benzene ring substituents is 1. The number of benzene rings is 2. The Kier molecular flexibility index (Phi) is 6.08. The summed E-state index contributed by atoms with van der Waals surface area (Å²) >= 11 is 6.74. The van der Waals surface area contributed by atoms with Gasteiger partial charge in [-0.25, -0.2) is 4.99 Å². The first kappa shape index (κ1) is 21.7. The van der Waals surface area contributed by atoms with Gasteiger partial charge in [0.25, 0.3) is 5.69 Å². The number of halogens is 2.